The molecule has 0 aliphatic carbocycles. The molecule has 1 aliphatic heterocycles. The Morgan fingerprint density at radius 1 is 1.17 bits per heavy atom. The van der Waals surface area contributed by atoms with Gasteiger partial charge in [0, 0.05) is 19.0 Å². The van der Waals surface area contributed by atoms with Crippen LogP contribution in [0.2, 0.25) is 0 Å². The van der Waals surface area contributed by atoms with Crippen LogP contribution < -0.4 is 14.8 Å². The number of nitrogens with zero attached hydrogens (tertiary/aromatic N) is 1. The van der Waals surface area contributed by atoms with E-state index in [1.54, 1.807) is 33.0 Å². The Labute approximate surface area is 136 Å². The summed E-state index contributed by atoms with van der Waals surface area (Å²) >= 11 is 0. The zero-order chi connectivity index (χ0) is 17.0. The number of carbonyl (C=O) groups is 2. The van der Waals surface area contributed by atoms with Gasteiger partial charge >= 0.3 is 0 Å². The highest BCUT2D eigenvalue weighted by Crippen LogP contribution is 2.33. The summed E-state index contributed by atoms with van der Waals surface area (Å²) in [5.41, 5.74) is 2.22. The Hall–Kier alpha value is -2.24. The number of carbonyl (C=O) groups excluding carboxylic acids is 2. The molecule has 0 bridgehead atoms. The standard InChI is InChI=1S/C17H24N2O4/c1-11(2)17(21)18-9-16(20)19-6-5-12-7-14(22-3)15(23-4)8-13(12)10-19/h7-8,11H,5-6,9-10H2,1-4H3,(H,18,21). The van der Waals surface area contributed by atoms with Crippen LogP contribution in [0.25, 0.3) is 0 Å². The van der Waals surface area contributed by atoms with Gasteiger partial charge in [0.25, 0.3) is 0 Å². The first kappa shape index (κ1) is 17.1. The summed E-state index contributed by atoms with van der Waals surface area (Å²) in [5, 5.41) is 2.67. The van der Waals surface area contributed by atoms with Crippen LogP contribution in [0.5, 0.6) is 11.5 Å². The molecule has 0 atom stereocenters. The van der Waals surface area contributed by atoms with Gasteiger partial charge < -0.3 is 19.7 Å². The van der Waals surface area contributed by atoms with Crippen molar-refractivity contribution in [3.8, 4) is 11.5 Å². The fourth-order valence-corrected chi connectivity index (χ4v) is 2.57. The summed E-state index contributed by atoms with van der Waals surface area (Å²) in [7, 11) is 3.21. The van der Waals surface area contributed by atoms with Crippen molar-refractivity contribution in [1.82, 2.24) is 10.2 Å². The molecule has 6 heteroatoms. The third kappa shape index (κ3) is 3.94. The first-order valence-corrected chi connectivity index (χ1v) is 7.75. The second-order valence-corrected chi connectivity index (χ2v) is 5.91. The molecule has 6 nitrogen and oxygen atoms in total. The number of rotatable bonds is 5. The smallest absolute Gasteiger partial charge is 0.242 e. The number of nitrogens with one attached hydrogen (secondary N) is 1. The van der Waals surface area contributed by atoms with Gasteiger partial charge in [0.15, 0.2) is 11.5 Å². The van der Waals surface area contributed by atoms with Crippen molar-refractivity contribution in [1.29, 1.82) is 0 Å². The number of hydrogen-bond donors (Lipinski definition) is 1. The molecule has 0 saturated carbocycles. The predicted molar refractivity (Wildman–Crippen MR) is 86.5 cm³/mol. The third-order valence-electron chi connectivity index (χ3n) is 4.01. The summed E-state index contributed by atoms with van der Waals surface area (Å²) in [6, 6.07) is 3.89. The van der Waals surface area contributed by atoms with Crippen LogP contribution in [0.1, 0.15) is 25.0 Å². The van der Waals surface area contributed by atoms with E-state index in [9.17, 15) is 9.59 Å². The van der Waals surface area contributed by atoms with Gasteiger partial charge in [0.2, 0.25) is 11.8 Å². The predicted octanol–water partition coefficient (Wildman–Crippen LogP) is 1.36. The lowest BCUT2D eigenvalue weighted by Gasteiger charge is -2.29. The van der Waals surface area contributed by atoms with E-state index in [1.807, 2.05) is 12.1 Å². The maximum absolute atomic E-state index is 12.3. The minimum absolute atomic E-state index is 0.0413. The minimum Gasteiger partial charge on any atom is -0.493 e. The summed E-state index contributed by atoms with van der Waals surface area (Å²) in [5.74, 6) is 1.06. The van der Waals surface area contributed by atoms with Crippen molar-refractivity contribution in [3.05, 3.63) is 23.3 Å². The Balaban J connectivity index is 2.05. The van der Waals surface area contributed by atoms with Crippen molar-refractivity contribution in [2.24, 2.45) is 5.92 Å². The number of fused-ring (bicyclic) bond motifs is 1. The van der Waals surface area contributed by atoms with Crippen LogP contribution in [0, 0.1) is 5.92 Å². The molecule has 0 spiro atoms. The monoisotopic (exact) mass is 320 g/mol. The average molecular weight is 320 g/mol. The quantitative estimate of drug-likeness (QED) is 0.889. The summed E-state index contributed by atoms with van der Waals surface area (Å²) < 4.78 is 10.6. The zero-order valence-corrected chi connectivity index (χ0v) is 14.1. The Bertz CT molecular complexity index is 599. The highest BCUT2D eigenvalue weighted by molar-refractivity contribution is 5.85. The maximum Gasteiger partial charge on any atom is 0.242 e. The molecule has 0 saturated heterocycles. The normalized spacial score (nSPS) is 13.5. The number of benzene rings is 1. The van der Waals surface area contributed by atoms with Crippen LogP contribution in [0.4, 0.5) is 0 Å². The summed E-state index contributed by atoms with van der Waals surface area (Å²) in [4.78, 5) is 25.6. The second-order valence-electron chi connectivity index (χ2n) is 5.91. The van der Waals surface area contributed by atoms with E-state index < -0.39 is 0 Å². The van der Waals surface area contributed by atoms with Gasteiger partial charge in [-0.3, -0.25) is 9.59 Å². The van der Waals surface area contributed by atoms with Gasteiger partial charge in [0.1, 0.15) is 0 Å². The molecule has 0 radical (unpaired) electrons. The van der Waals surface area contributed by atoms with Gasteiger partial charge in [-0.1, -0.05) is 13.8 Å². The largest absolute Gasteiger partial charge is 0.493 e. The Morgan fingerprint density at radius 3 is 2.35 bits per heavy atom. The fraction of sp³-hybridized carbons (Fsp3) is 0.529. The molecule has 126 valence electrons. The molecule has 1 N–H and O–H groups in total. The van der Waals surface area contributed by atoms with Crippen molar-refractivity contribution in [3.63, 3.8) is 0 Å². The van der Waals surface area contributed by atoms with Crippen LogP contribution in [0.3, 0.4) is 0 Å². The molecule has 23 heavy (non-hydrogen) atoms. The van der Waals surface area contributed by atoms with Gasteiger partial charge in [-0.15, -0.1) is 0 Å². The molecule has 2 rings (SSSR count). The topological polar surface area (TPSA) is 67.9 Å². The van der Waals surface area contributed by atoms with Crippen LogP contribution in [0.15, 0.2) is 12.1 Å². The van der Waals surface area contributed by atoms with E-state index in [0.717, 1.165) is 17.5 Å². The van der Waals surface area contributed by atoms with Crippen molar-refractivity contribution in [2.75, 3.05) is 27.3 Å². The Kier molecular flexibility index (Phi) is 5.47. The molecule has 1 heterocycles. The minimum atomic E-state index is -0.124. The number of amides is 2. The molecule has 1 aromatic rings. The van der Waals surface area contributed by atoms with E-state index in [2.05, 4.69) is 5.32 Å². The van der Waals surface area contributed by atoms with Gasteiger partial charge in [0.05, 0.1) is 20.8 Å². The van der Waals surface area contributed by atoms with E-state index in [0.29, 0.717) is 24.6 Å². The number of methoxy groups -OCH3 is 2. The van der Waals surface area contributed by atoms with Gasteiger partial charge in [-0.25, -0.2) is 0 Å². The van der Waals surface area contributed by atoms with Crippen LogP contribution in [-0.4, -0.2) is 44.0 Å². The molecule has 1 aliphatic rings. The van der Waals surface area contributed by atoms with Crippen molar-refractivity contribution in [2.45, 2.75) is 26.8 Å². The highest BCUT2D eigenvalue weighted by atomic mass is 16.5. The highest BCUT2D eigenvalue weighted by Gasteiger charge is 2.23. The Morgan fingerprint density at radius 2 is 1.78 bits per heavy atom. The fourth-order valence-electron chi connectivity index (χ4n) is 2.57. The lowest BCUT2D eigenvalue weighted by atomic mass is 9.98. The lowest BCUT2D eigenvalue weighted by Crippen LogP contribution is -2.43. The molecule has 0 fully saturated rings. The summed E-state index contributed by atoms with van der Waals surface area (Å²) in [6.45, 7) is 4.80. The van der Waals surface area contributed by atoms with Crippen molar-refractivity contribution >= 4 is 11.8 Å². The SMILES string of the molecule is COc1cc2c(cc1OC)CN(C(=O)CNC(=O)C(C)C)CC2. The zero-order valence-electron chi connectivity index (χ0n) is 14.1. The first-order chi connectivity index (χ1) is 11.0. The summed E-state index contributed by atoms with van der Waals surface area (Å²) in [6.07, 6.45) is 0.763. The van der Waals surface area contributed by atoms with Gasteiger partial charge in [-0.2, -0.15) is 0 Å². The van der Waals surface area contributed by atoms with Crippen molar-refractivity contribution < 1.29 is 19.1 Å². The number of ether oxygens (including phenoxy) is 2. The maximum atomic E-state index is 12.3. The molecule has 0 unspecified atom stereocenters. The van der Waals surface area contributed by atoms with Crippen LogP contribution >= 0.6 is 0 Å². The lowest BCUT2D eigenvalue weighted by molar-refractivity contribution is -0.134. The second kappa shape index (κ2) is 7.35. The van der Waals surface area contributed by atoms with E-state index in [-0.39, 0.29) is 24.3 Å². The molecule has 2 amide bonds. The average Bonchev–Trinajstić information content (AvgIpc) is 2.57. The van der Waals surface area contributed by atoms with E-state index in [1.165, 1.54) is 0 Å². The molecular formula is C17H24N2O4. The first-order valence-electron chi connectivity index (χ1n) is 7.75. The number of hydrogen-bond acceptors (Lipinski definition) is 4. The van der Waals surface area contributed by atoms with Gasteiger partial charge in [-0.05, 0) is 29.7 Å². The van der Waals surface area contributed by atoms with Crippen LogP contribution in [-0.2, 0) is 22.6 Å². The molecule has 1 aromatic carbocycles. The molecular weight excluding hydrogens is 296 g/mol. The van der Waals surface area contributed by atoms with E-state index in [4.69, 9.17) is 9.47 Å². The third-order valence-corrected chi connectivity index (χ3v) is 4.01. The molecule has 0 aromatic heterocycles. The van der Waals surface area contributed by atoms with E-state index >= 15 is 0 Å².